The highest BCUT2D eigenvalue weighted by Crippen LogP contribution is 2.25. The van der Waals surface area contributed by atoms with Crippen molar-refractivity contribution in [1.29, 1.82) is 0 Å². The summed E-state index contributed by atoms with van der Waals surface area (Å²) in [6, 6.07) is 6.14. The van der Waals surface area contributed by atoms with Gasteiger partial charge < -0.3 is 10.1 Å². The van der Waals surface area contributed by atoms with Crippen LogP contribution in [0.4, 0.5) is 10.3 Å². The SMILES string of the molecule is CCCCNc1nc(OCCCC)c2nc(-c3ccc(F)cc3)cnc2n1. The number of aromatic nitrogens is 4. The molecule has 0 spiro atoms. The molecule has 0 atom stereocenters. The van der Waals surface area contributed by atoms with Crippen LogP contribution in [-0.4, -0.2) is 33.1 Å². The van der Waals surface area contributed by atoms with Crippen molar-refractivity contribution >= 4 is 17.1 Å². The molecule has 142 valence electrons. The zero-order chi connectivity index (χ0) is 19.1. The van der Waals surface area contributed by atoms with Gasteiger partial charge in [-0.3, -0.25) is 0 Å². The minimum Gasteiger partial charge on any atom is -0.476 e. The van der Waals surface area contributed by atoms with Crippen molar-refractivity contribution in [1.82, 2.24) is 19.9 Å². The summed E-state index contributed by atoms with van der Waals surface area (Å²) in [5, 5.41) is 3.21. The van der Waals surface area contributed by atoms with Gasteiger partial charge in [0.15, 0.2) is 11.2 Å². The van der Waals surface area contributed by atoms with Crippen LogP contribution in [-0.2, 0) is 0 Å². The van der Waals surface area contributed by atoms with Gasteiger partial charge in [0.25, 0.3) is 0 Å². The third-order valence-electron chi connectivity index (χ3n) is 4.07. The Morgan fingerprint density at radius 3 is 2.52 bits per heavy atom. The van der Waals surface area contributed by atoms with Crippen LogP contribution in [0.2, 0.25) is 0 Å². The molecule has 3 aromatic rings. The zero-order valence-electron chi connectivity index (χ0n) is 15.7. The lowest BCUT2D eigenvalue weighted by molar-refractivity contribution is 0.301. The van der Waals surface area contributed by atoms with Gasteiger partial charge in [-0.15, -0.1) is 0 Å². The molecule has 0 fully saturated rings. The largest absolute Gasteiger partial charge is 0.476 e. The summed E-state index contributed by atoms with van der Waals surface area (Å²) >= 11 is 0. The second-order valence-electron chi connectivity index (χ2n) is 6.27. The van der Waals surface area contributed by atoms with E-state index in [0.29, 0.717) is 35.3 Å². The number of fused-ring (bicyclic) bond motifs is 1. The standard InChI is InChI=1S/C20H24FN5O/c1-3-5-11-22-20-25-18-17(19(26-20)27-12-6-4-2)24-16(13-23-18)14-7-9-15(21)10-8-14/h7-10,13H,3-6,11-12H2,1-2H3,(H,22,23,25,26). The van der Waals surface area contributed by atoms with Gasteiger partial charge in [-0.1, -0.05) is 26.7 Å². The van der Waals surface area contributed by atoms with Crippen LogP contribution in [0.3, 0.4) is 0 Å². The molecule has 0 saturated heterocycles. The van der Waals surface area contributed by atoms with Gasteiger partial charge in [0.05, 0.1) is 18.5 Å². The van der Waals surface area contributed by atoms with Gasteiger partial charge in [0.2, 0.25) is 11.8 Å². The molecule has 0 unspecified atom stereocenters. The van der Waals surface area contributed by atoms with Crippen molar-refractivity contribution in [3.63, 3.8) is 0 Å². The molecule has 1 N–H and O–H groups in total. The quantitative estimate of drug-likeness (QED) is 0.555. The normalized spacial score (nSPS) is 10.9. The number of hydrogen-bond donors (Lipinski definition) is 1. The second kappa shape index (κ2) is 9.21. The fraction of sp³-hybridized carbons (Fsp3) is 0.400. The molecule has 2 aromatic heterocycles. The van der Waals surface area contributed by atoms with E-state index in [1.807, 2.05) is 0 Å². The highest BCUT2D eigenvalue weighted by molar-refractivity contribution is 5.79. The molecule has 0 aliphatic heterocycles. The number of nitrogens with one attached hydrogen (secondary N) is 1. The van der Waals surface area contributed by atoms with Crippen LogP contribution in [0.5, 0.6) is 5.88 Å². The van der Waals surface area contributed by atoms with Gasteiger partial charge >= 0.3 is 0 Å². The molecular formula is C20H24FN5O. The molecule has 0 aliphatic rings. The highest BCUT2D eigenvalue weighted by atomic mass is 19.1. The molecule has 3 rings (SSSR count). The number of anilines is 1. The van der Waals surface area contributed by atoms with Crippen LogP contribution >= 0.6 is 0 Å². The van der Waals surface area contributed by atoms with E-state index in [2.05, 4.69) is 39.1 Å². The summed E-state index contributed by atoms with van der Waals surface area (Å²) in [7, 11) is 0. The molecule has 27 heavy (non-hydrogen) atoms. The van der Waals surface area contributed by atoms with Gasteiger partial charge in [0.1, 0.15) is 5.82 Å². The van der Waals surface area contributed by atoms with Crippen molar-refractivity contribution in [2.45, 2.75) is 39.5 Å². The molecule has 7 heteroatoms. The first-order chi connectivity index (χ1) is 13.2. The molecule has 1 aromatic carbocycles. The summed E-state index contributed by atoms with van der Waals surface area (Å²) in [6.45, 7) is 5.58. The van der Waals surface area contributed by atoms with E-state index < -0.39 is 0 Å². The van der Waals surface area contributed by atoms with Crippen molar-refractivity contribution in [3.8, 4) is 17.1 Å². The molecular weight excluding hydrogens is 345 g/mol. The van der Waals surface area contributed by atoms with Crippen LogP contribution in [0, 0.1) is 5.82 Å². The maximum absolute atomic E-state index is 13.2. The van der Waals surface area contributed by atoms with Crippen LogP contribution < -0.4 is 10.1 Å². The first-order valence-corrected chi connectivity index (χ1v) is 9.38. The van der Waals surface area contributed by atoms with E-state index in [-0.39, 0.29) is 5.82 Å². The number of hydrogen-bond acceptors (Lipinski definition) is 6. The fourth-order valence-electron chi connectivity index (χ4n) is 2.51. The summed E-state index contributed by atoms with van der Waals surface area (Å²) in [4.78, 5) is 18.0. The molecule has 0 amide bonds. The van der Waals surface area contributed by atoms with Crippen LogP contribution in [0.15, 0.2) is 30.5 Å². The van der Waals surface area contributed by atoms with Gasteiger partial charge in [-0.05, 0) is 37.1 Å². The Labute approximate surface area is 158 Å². The zero-order valence-corrected chi connectivity index (χ0v) is 15.7. The third kappa shape index (κ3) is 4.87. The molecule has 0 saturated carbocycles. The number of unbranched alkanes of at least 4 members (excludes halogenated alkanes) is 2. The van der Waals surface area contributed by atoms with E-state index in [9.17, 15) is 4.39 Å². The topological polar surface area (TPSA) is 72.8 Å². The highest BCUT2D eigenvalue weighted by Gasteiger charge is 2.13. The summed E-state index contributed by atoms with van der Waals surface area (Å²) in [5.41, 5.74) is 2.38. The molecule has 0 bridgehead atoms. The van der Waals surface area contributed by atoms with Gasteiger partial charge in [-0.25, -0.2) is 14.4 Å². The summed E-state index contributed by atoms with van der Waals surface area (Å²) in [5.74, 6) is 0.623. The minimum absolute atomic E-state index is 0.290. The Morgan fingerprint density at radius 1 is 1.00 bits per heavy atom. The Hall–Kier alpha value is -2.83. The van der Waals surface area contributed by atoms with Gasteiger partial charge in [0, 0.05) is 12.1 Å². The fourth-order valence-corrected chi connectivity index (χ4v) is 2.51. The van der Waals surface area contributed by atoms with Crippen LogP contribution in [0.25, 0.3) is 22.4 Å². The molecule has 0 aliphatic carbocycles. The molecule has 2 heterocycles. The smallest absolute Gasteiger partial charge is 0.247 e. The average Bonchev–Trinajstić information content (AvgIpc) is 2.69. The summed E-state index contributed by atoms with van der Waals surface area (Å²) in [6.07, 6.45) is 5.70. The number of ether oxygens (including phenoxy) is 1. The maximum Gasteiger partial charge on any atom is 0.247 e. The maximum atomic E-state index is 13.2. The van der Waals surface area contributed by atoms with E-state index >= 15 is 0 Å². The minimum atomic E-state index is -0.290. The Kier molecular flexibility index (Phi) is 6.46. The average molecular weight is 369 g/mol. The first kappa shape index (κ1) is 18.9. The number of rotatable bonds is 9. The monoisotopic (exact) mass is 369 g/mol. The van der Waals surface area contributed by atoms with Crippen molar-refractivity contribution in [2.75, 3.05) is 18.5 Å². The number of halogens is 1. The molecule has 6 nitrogen and oxygen atoms in total. The lowest BCUT2D eigenvalue weighted by Gasteiger charge is -2.11. The van der Waals surface area contributed by atoms with Crippen LogP contribution in [0.1, 0.15) is 39.5 Å². The molecule has 0 radical (unpaired) electrons. The van der Waals surface area contributed by atoms with Crippen molar-refractivity contribution < 1.29 is 9.13 Å². The van der Waals surface area contributed by atoms with Crippen molar-refractivity contribution in [2.24, 2.45) is 0 Å². The van der Waals surface area contributed by atoms with E-state index in [1.54, 1.807) is 18.3 Å². The Bertz CT molecular complexity index is 885. The lowest BCUT2D eigenvalue weighted by atomic mass is 10.1. The third-order valence-corrected chi connectivity index (χ3v) is 4.07. The predicted molar refractivity (Wildman–Crippen MR) is 104 cm³/mol. The van der Waals surface area contributed by atoms with E-state index in [4.69, 9.17) is 4.74 Å². The first-order valence-electron chi connectivity index (χ1n) is 9.38. The predicted octanol–water partition coefficient (Wildman–Crippen LogP) is 4.62. The number of nitrogens with zero attached hydrogens (tertiary/aromatic N) is 4. The second-order valence-corrected chi connectivity index (χ2v) is 6.27. The Balaban J connectivity index is 1.97. The summed E-state index contributed by atoms with van der Waals surface area (Å²) < 4.78 is 19.0. The van der Waals surface area contributed by atoms with E-state index in [0.717, 1.165) is 37.8 Å². The lowest BCUT2D eigenvalue weighted by Crippen LogP contribution is -2.09. The van der Waals surface area contributed by atoms with Crippen molar-refractivity contribution in [3.05, 3.63) is 36.3 Å². The Morgan fingerprint density at radius 2 is 1.78 bits per heavy atom. The van der Waals surface area contributed by atoms with Gasteiger partial charge in [-0.2, -0.15) is 9.97 Å². The number of benzene rings is 1. The van der Waals surface area contributed by atoms with E-state index in [1.165, 1.54) is 12.1 Å².